The molecule has 280 valence electrons. The molecule has 1 atom stereocenters. The predicted molar refractivity (Wildman–Crippen MR) is 212 cm³/mol. The van der Waals surface area contributed by atoms with Crippen LogP contribution in [-0.2, 0) is 28.3 Å². The van der Waals surface area contributed by atoms with Gasteiger partial charge in [-0.3, -0.25) is 24.6 Å². The molecule has 4 aliphatic rings. The molecule has 0 saturated carbocycles. The summed E-state index contributed by atoms with van der Waals surface area (Å²) in [5.41, 5.74) is 5.88. The molecule has 0 radical (unpaired) electrons. The molecule has 3 aromatic carbocycles. The van der Waals surface area contributed by atoms with Crippen molar-refractivity contribution in [2.24, 2.45) is 0 Å². The maximum absolute atomic E-state index is 13.1. The molecule has 8 rings (SSSR count). The van der Waals surface area contributed by atoms with Crippen LogP contribution in [0.1, 0.15) is 65.6 Å². The number of nitrogens with one attached hydrogen (secondary N) is 2. The Balaban J connectivity index is 0.816. The largest absolute Gasteiger partial charge is 0.385 e. The number of likely N-dealkylation sites (tertiary alicyclic amines) is 1. The highest BCUT2D eigenvalue weighted by molar-refractivity contribution is 7.64. The second-order valence-corrected chi connectivity index (χ2v) is 17.6. The number of aliphatic hydroxyl groups is 1. The van der Waals surface area contributed by atoms with E-state index in [-0.39, 0.29) is 26.2 Å². The van der Waals surface area contributed by atoms with Gasteiger partial charge in [-0.25, -0.2) is 9.97 Å². The molecule has 3 N–H and O–H groups in total. The number of amides is 3. The van der Waals surface area contributed by atoms with Gasteiger partial charge in [-0.15, -0.1) is 0 Å². The number of imide groups is 1. The Morgan fingerprint density at radius 3 is 2.41 bits per heavy atom. The van der Waals surface area contributed by atoms with Crippen molar-refractivity contribution in [3.63, 3.8) is 0 Å². The van der Waals surface area contributed by atoms with Gasteiger partial charge in [0, 0.05) is 74.7 Å². The monoisotopic (exact) mass is 745 g/mol. The van der Waals surface area contributed by atoms with E-state index in [4.69, 9.17) is 4.98 Å². The standard InChI is InChI=1S/C42H48N7O4P/c1-54(2)37-6-4-3-5-34(37)35-15-20-43-41(45-35)44-31-16-21-48(22-17-31)32-10-7-28(8-11-32)26-47-23-18-42(53,19-24-47)30-9-12-33-29(25-30)27-49(40(33)52)36-13-14-38(50)46-39(36)51/h3-12,15,20,25,31,36,53H,13-14,16-19,21-24,26-27H2,1-2H3,(H,43,44,45)(H,46,50,51). The molecule has 5 heterocycles. The highest BCUT2D eigenvalue weighted by Crippen LogP contribution is 2.37. The predicted octanol–water partition coefficient (Wildman–Crippen LogP) is 4.84. The number of benzene rings is 3. The maximum atomic E-state index is 13.1. The molecule has 12 heteroatoms. The number of piperidine rings is 3. The van der Waals surface area contributed by atoms with Gasteiger partial charge in [-0.05, 0) is 91.7 Å². The number of anilines is 2. The van der Waals surface area contributed by atoms with Gasteiger partial charge in [0.1, 0.15) is 6.04 Å². The van der Waals surface area contributed by atoms with E-state index in [9.17, 15) is 19.5 Å². The van der Waals surface area contributed by atoms with E-state index in [1.54, 1.807) is 11.0 Å². The quantitative estimate of drug-likeness (QED) is 0.163. The molecule has 3 amide bonds. The molecule has 0 aliphatic carbocycles. The van der Waals surface area contributed by atoms with Crippen LogP contribution in [0.3, 0.4) is 0 Å². The van der Waals surface area contributed by atoms with Crippen LogP contribution in [0, 0.1) is 0 Å². The van der Waals surface area contributed by atoms with Crippen molar-refractivity contribution in [3.8, 4) is 11.3 Å². The van der Waals surface area contributed by atoms with Gasteiger partial charge in [-0.2, -0.15) is 0 Å². The number of hydrogen-bond acceptors (Lipinski definition) is 9. The van der Waals surface area contributed by atoms with Crippen molar-refractivity contribution < 1.29 is 19.5 Å². The first-order chi connectivity index (χ1) is 26.1. The first-order valence-electron chi connectivity index (χ1n) is 19.1. The molecule has 0 bridgehead atoms. The second-order valence-electron chi connectivity index (χ2n) is 15.3. The lowest BCUT2D eigenvalue weighted by Gasteiger charge is -2.39. The number of rotatable bonds is 9. The van der Waals surface area contributed by atoms with Crippen molar-refractivity contribution in [3.05, 3.63) is 101 Å². The fourth-order valence-corrected chi connectivity index (χ4v) is 9.48. The summed E-state index contributed by atoms with van der Waals surface area (Å²) in [5, 5.41) is 19.1. The molecule has 3 fully saturated rings. The van der Waals surface area contributed by atoms with Gasteiger partial charge in [0.2, 0.25) is 17.8 Å². The van der Waals surface area contributed by atoms with Crippen LogP contribution in [0.4, 0.5) is 11.6 Å². The minimum absolute atomic E-state index is 0.197. The van der Waals surface area contributed by atoms with Crippen molar-refractivity contribution in [1.29, 1.82) is 0 Å². The smallest absolute Gasteiger partial charge is 0.255 e. The van der Waals surface area contributed by atoms with E-state index in [0.29, 0.717) is 43.4 Å². The van der Waals surface area contributed by atoms with Crippen LogP contribution in [0.2, 0.25) is 0 Å². The average Bonchev–Trinajstić information content (AvgIpc) is 3.51. The molecule has 4 aliphatic heterocycles. The molecular formula is C42H48N7O4P. The van der Waals surface area contributed by atoms with Crippen LogP contribution in [0.15, 0.2) is 79.0 Å². The van der Waals surface area contributed by atoms with Gasteiger partial charge in [-0.1, -0.05) is 56.5 Å². The van der Waals surface area contributed by atoms with Crippen LogP contribution in [0.25, 0.3) is 11.3 Å². The molecule has 0 spiro atoms. The van der Waals surface area contributed by atoms with E-state index in [0.717, 1.165) is 62.4 Å². The van der Waals surface area contributed by atoms with E-state index in [1.165, 1.54) is 22.1 Å². The third-order valence-electron chi connectivity index (χ3n) is 11.6. The molecule has 1 unspecified atom stereocenters. The third-order valence-corrected chi connectivity index (χ3v) is 13.0. The minimum atomic E-state index is -0.976. The van der Waals surface area contributed by atoms with Crippen LogP contribution >= 0.6 is 7.92 Å². The van der Waals surface area contributed by atoms with Gasteiger partial charge < -0.3 is 20.2 Å². The molecule has 11 nitrogen and oxygen atoms in total. The number of carbonyl (C=O) groups is 3. The average molecular weight is 746 g/mol. The second kappa shape index (κ2) is 15.2. The van der Waals surface area contributed by atoms with Gasteiger partial charge in [0.15, 0.2) is 0 Å². The lowest BCUT2D eigenvalue weighted by Crippen LogP contribution is -2.52. The normalized spacial score (nSPS) is 20.7. The summed E-state index contributed by atoms with van der Waals surface area (Å²) in [6.45, 7) is 9.13. The molecular weight excluding hydrogens is 697 g/mol. The molecule has 54 heavy (non-hydrogen) atoms. The highest BCUT2D eigenvalue weighted by atomic mass is 31.1. The first kappa shape index (κ1) is 36.3. The summed E-state index contributed by atoms with van der Waals surface area (Å²) < 4.78 is 0. The van der Waals surface area contributed by atoms with E-state index >= 15 is 0 Å². The number of aromatic nitrogens is 2. The van der Waals surface area contributed by atoms with Crippen LogP contribution in [0.5, 0.6) is 0 Å². The van der Waals surface area contributed by atoms with Crippen molar-refractivity contribution >= 4 is 42.6 Å². The zero-order valence-corrected chi connectivity index (χ0v) is 31.9. The summed E-state index contributed by atoms with van der Waals surface area (Å²) in [7, 11) is -0.240. The summed E-state index contributed by atoms with van der Waals surface area (Å²) >= 11 is 0. The fraction of sp³-hybridized carbons (Fsp3) is 0.405. The lowest BCUT2D eigenvalue weighted by atomic mass is 9.83. The SMILES string of the molecule is CP(C)c1ccccc1-c1ccnc(NC2CCN(c3ccc(CN4CCC(O)(c5ccc6c(c5)CN(C5CCC(=O)NC5=O)C6=O)CC4)cc3)CC2)n1. The Morgan fingerprint density at radius 1 is 0.907 bits per heavy atom. The van der Waals surface area contributed by atoms with E-state index in [2.05, 4.69) is 87.3 Å². The Kier molecular flexibility index (Phi) is 10.2. The van der Waals surface area contributed by atoms with Crippen LogP contribution < -0.4 is 20.8 Å². The summed E-state index contributed by atoms with van der Waals surface area (Å²) in [5.74, 6) is -0.219. The molecule has 4 aromatic rings. The Labute approximate surface area is 317 Å². The Bertz CT molecular complexity index is 2040. The van der Waals surface area contributed by atoms with Gasteiger partial charge in [0.25, 0.3) is 5.91 Å². The van der Waals surface area contributed by atoms with E-state index in [1.807, 2.05) is 24.4 Å². The highest BCUT2D eigenvalue weighted by Gasteiger charge is 2.41. The molecule has 1 aromatic heterocycles. The summed E-state index contributed by atoms with van der Waals surface area (Å²) in [6.07, 6.45) is 5.62. The lowest BCUT2D eigenvalue weighted by molar-refractivity contribution is -0.136. The summed E-state index contributed by atoms with van der Waals surface area (Å²) in [4.78, 5) is 53.1. The first-order valence-corrected chi connectivity index (χ1v) is 21.3. The summed E-state index contributed by atoms with van der Waals surface area (Å²) in [6, 6.07) is 24.7. The fourth-order valence-electron chi connectivity index (χ4n) is 8.43. The zero-order chi connectivity index (χ0) is 37.4. The Hall–Kier alpha value is -4.70. The topological polar surface area (TPSA) is 131 Å². The number of nitrogens with zero attached hydrogens (tertiary/aromatic N) is 5. The Morgan fingerprint density at radius 2 is 1.67 bits per heavy atom. The van der Waals surface area contributed by atoms with Crippen LogP contribution in [-0.4, -0.2) is 94.2 Å². The zero-order valence-electron chi connectivity index (χ0n) is 31.0. The number of hydrogen-bond donors (Lipinski definition) is 3. The number of fused-ring (bicyclic) bond motifs is 1. The minimum Gasteiger partial charge on any atom is -0.385 e. The van der Waals surface area contributed by atoms with Crippen molar-refractivity contribution in [2.75, 3.05) is 49.7 Å². The van der Waals surface area contributed by atoms with E-state index < -0.39 is 17.6 Å². The molecule has 3 saturated heterocycles. The van der Waals surface area contributed by atoms with Crippen molar-refractivity contribution in [1.82, 2.24) is 25.1 Å². The third kappa shape index (κ3) is 7.50. The number of carbonyl (C=O) groups excluding carboxylic acids is 3. The van der Waals surface area contributed by atoms with Crippen molar-refractivity contribution in [2.45, 2.75) is 69.3 Å². The maximum Gasteiger partial charge on any atom is 0.255 e. The van der Waals surface area contributed by atoms with Gasteiger partial charge in [0.05, 0.1) is 11.3 Å². The van der Waals surface area contributed by atoms with Gasteiger partial charge >= 0.3 is 0 Å².